The van der Waals surface area contributed by atoms with Crippen molar-refractivity contribution in [2.24, 2.45) is 0 Å². The van der Waals surface area contributed by atoms with E-state index in [4.69, 9.17) is 13.9 Å². The van der Waals surface area contributed by atoms with Gasteiger partial charge in [-0.1, -0.05) is 0 Å². The standard InChI is InChI=1S/C16H12N2O6/c1-9-17-12-5-4-11(8-15(12)23-9)24-16(19)10-3-6-14(22-2)13(7-10)18(20)21/h3-8H,1-2H3. The highest BCUT2D eigenvalue weighted by Gasteiger charge is 2.19. The maximum Gasteiger partial charge on any atom is 0.343 e. The molecule has 0 amide bonds. The largest absolute Gasteiger partial charge is 0.490 e. The van der Waals surface area contributed by atoms with E-state index in [1.165, 1.54) is 25.3 Å². The second kappa shape index (κ2) is 5.99. The van der Waals surface area contributed by atoms with E-state index in [-0.39, 0.29) is 22.7 Å². The van der Waals surface area contributed by atoms with Crippen molar-refractivity contribution in [2.75, 3.05) is 7.11 Å². The van der Waals surface area contributed by atoms with Gasteiger partial charge in [-0.3, -0.25) is 10.1 Å². The summed E-state index contributed by atoms with van der Waals surface area (Å²) in [6.45, 7) is 1.71. The molecule has 0 N–H and O–H groups in total. The van der Waals surface area contributed by atoms with Crippen LogP contribution in [0.5, 0.6) is 11.5 Å². The van der Waals surface area contributed by atoms with Gasteiger partial charge in [0, 0.05) is 19.1 Å². The third kappa shape index (κ3) is 2.89. The number of esters is 1. The van der Waals surface area contributed by atoms with Crippen molar-refractivity contribution in [2.45, 2.75) is 6.92 Å². The van der Waals surface area contributed by atoms with Crippen molar-refractivity contribution >= 4 is 22.8 Å². The fourth-order valence-electron chi connectivity index (χ4n) is 2.21. The zero-order valence-electron chi connectivity index (χ0n) is 12.8. The summed E-state index contributed by atoms with van der Waals surface area (Å²) in [6.07, 6.45) is 0. The first kappa shape index (κ1) is 15.5. The van der Waals surface area contributed by atoms with Gasteiger partial charge in [-0.05, 0) is 24.3 Å². The van der Waals surface area contributed by atoms with Crippen LogP contribution in [0.4, 0.5) is 5.69 Å². The maximum atomic E-state index is 12.2. The van der Waals surface area contributed by atoms with Crippen molar-refractivity contribution in [1.29, 1.82) is 0 Å². The molecule has 0 saturated carbocycles. The Morgan fingerprint density at radius 3 is 2.75 bits per heavy atom. The average molecular weight is 328 g/mol. The van der Waals surface area contributed by atoms with Gasteiger partial charge in [-0.15, -0.1) is 0 Å². The van der Waals surface area contributed by atoms with Gasteiger partial charge < -0.3 is 13.9 Å². The number of nitrogens with zero attached hydrogens (tertiary/aromatic N) is 2. The molecule has 0 saturated heterocycles. The summed E-state index contributed by atoms with van der Waals surface area (Å²) >= 11 is 0. The second-order valence-corrected chi connectivity index (χ2v) is 4.90. The first-order valence-corrected chi connectivity index (χ1v) is 6.90. The summed E-state index contributed by atoms with van der Waals surface area (Å²) < 4.78 is 15.5. The molecule has 0 aliphatic rings. The lowest BCUT2D eigenvalue weighted by Crippen LogP contribution is -2.09. The highest BCUT2D eigenvalue weighted by molar-refractivity contribution is 5.92. The number of hydrogen-bond donors (Lipinski definition) is 0. The third-order valence-electron chi connectivity index (χ3n) is 3.29. The van der Waals surface area contributed by atoms with Crippen LogP contribution >= 0.6 is 0 Å². The molecule has 1 heterocycles. The number of nitro groups is 1. The zero-order chi connectivity index (χ0) is 17.3. The summed E-state index contributed by atoms with van der Waals surface area (Å²) in [5, 5.41) is 11.0. The van der Waals surface area contributed by atoms with E-state index in [1.807, 2.05) is 0 Å². The molecule has 0 spiro atoms. The number of methoxy groups -OCH3 is 1. The minimum Gasteiger partial charge on any atom is -0.490 e. The van der Waals surface area contributed by atoms with E-state index < -0.39 is 10.9 Å². The molecule has 0 aliphatic heterocycles. The predicted octanol–water partition coefficient (Wildman–Crippen LogP) is 3.27. The molecule has 1 aromatic heterocycles. The Bertz CT molecular complexity index is 947. The maximum absolute atomic E-state index is 12.2. The Balaban J connectivity index is 1.88. The average Bonchev–Trinajstić information content (AvgIpc) is 2.93. The molecule has 0 radical (unpaired) electrons. The number of rotatable bonds is 4. The lowest BCUT2D eigenvalue weighted by atomic mass is 10.2. The van der Waals surface area contributed by atoms with Crippen LogP contribution in [0.1, 0.15) is 16.2 Å². The molecule has 8 nitrogen and oxygen atoms in total. The van der Waals surface area contributed by atoms with Crippen LogP contribution in [-0.2, 0) is 0 Å². The van der Waals surface area contributed by atoms with E-state index in [9.17, 15) is 14.9 Å². The number of aryl methyl sites for hydroxylation is 1. The number of carbonyl (C=O) groups excluding carboxylic acids is 1. The van der Waals surface area contributed by atoms with Crippen LogP contribution in [0, 0.1) is 17.0 Å². The van der Waals surface area contributed by atoms with Crippen LogP contribution < -0.4 is 9.47 Å². The molecular formula is C16H12N2O6. The summed E-state index contributed by atoms with van der Waals surface area (Å²) in [7, 11) is 1.31. The quantitative estimate of drug-likeness (QED) is 0.313. The fraction of sp³-hybridized carbons (Fsp3) is 0.125. The van der Waals surface area contributed by atoms with Crippen molar-refractivity contribution in [3.8, 4) is 11.5 Å². The summed E-state index contributed by atoms with van der Waals surface area (Å²) in [4.78, 5) is 26.7. The molecule has 0 unspecified atom stereocenters. The number of ether oxygens (including phenoxy) is 2. The molecule has 8 heteroatoms. The molecule has 2 aromatic carbocycles. The Morgan fingerprint density at radius 2 is 2.04 bits per heavy atom. The first-order valence-electron chi connectivity index (χ1n) is 6.90. The predicted molar refractivity (Wildman–Crippen MR) is 83.4 cm³/mol. The molecule has 0 fully saturated rings. The summed E-state index contributed by atoms with van der Waals surface area (Å²) in [5.41, 5.74) is 0.857. The van der Waals surface area contributed by atoms with E-state index >= 15 is 0 Å². The molecular weight excluding hydrogens is 316 g/mol. The van der Waals surface area contributed by atoms with E-state index in [1.54, 1.807) is 19.1 Å². The van der Waals surface area contributed by atoms with Crippen LogP contribution in [0.25, 0.3) is 11.1 Å². The summed E-state index contributed by atoms with van der Waals surface area (Å²) in [5.74, 6) is 0.0906. The molecule has 122 valence electrons. The number of carbonyl (C=O) groups is 1. The van der Waals surface area contributed by atoms with Gasteiger partial charge in [-0.25, -0.2) is 9.78 Å². The highest BCUT2D eigenvalue weighted by Crippen LogP contribution is 2.28. The number of nitro benzene ring substituents is 1. The third-order valence-corrected chi connectivity index (χ3v) is 3.29. The number of oxazole rings is 1. The Kier molecular flexibility index (Phi) is 3.87. The molecule has 24 heavy (non-hydrogen) atoms. The van der Waals surface area contributed by atoms with E-state index in [2.05, 4.69) is 4.98 Å². The van der Waals surface area contributed by atoms with Crippen molar-refractivity contribution < 1.29 is 23.6 Å². The number of benzene rings is 2. The fourth-order valence-corrected chi connectivity index (χ4v) is 2.21. The van der Waals surface area contributed by atoms with Gasteiger partial charge in [0.1, 0.15) is 11.3 Å². The van der Waals surface area contributed by atoms with Crippen LogP contribution in [0.2, 0.25) is 0 Å². The molecule has 0 atom stereocenters. The van der Waals surface area contributed by atoms with Gasteiger partial charge in [0.25, 0.3) is 0 Å². The minimum absolute atomic E-state index is 0.0383. The first-order chi connectivity index (χ1) is 11.5. The second-order valence-electron chi connectivity index (χ2n) is 4.90. The van der Waals surface area contributed by atoms with E-state index in [0.717, 1.165) is 6.07 Å². The van der Waals surface area contributed by atoms with E-state index in [0.29, 0.717) is 17.0 Å². The lowest BCUT2D eigenvalue weighted by Gasteiger charge is -2.06. The van der Waals surface area contributed by atoms with Gasteiger partial charge >= 0.3 is 11.7 Å². The monoisotopic (exact) mass is 328 g/mol. The highest BCUT2D eigenvalue weighted by atomic mass is 16.6. The molecule has 3 aromatic rings. The Hall–Kier alpha value is -3.42. The summed E-state index contributed by atoms with van der Waals surface area (Å²) in [6, 6.07) is 8.61. The SMILES string of the molecule is COc1ccc(C(=O)Oc2ccc3nc(C)oc3c2)cc1[N+](=O)[O-]. The number of hydrogen-bond acceptors (Lipinski definition) is 7. The lowest BCUT2D eigenvalue weighted by molar-refractivity contribution is -0.385. The van der Waals surface area contributed by atoms with Gasteiger partial charge in [0.2, 0.25) is 0 Å². The molecule has 0 aliphatic carbocycles. The zero-order valence-corrected chi connectivity index (χ0v) is 12.8. The van der Waals surface area contributed by atoms with Crippen LogP contribution in [0.15, 0.2) is 40.8 Å². The minimum atomic E-state index is -0.726. The number of fused-ring (bicyclic) bond motifs is 1. The topological polar surface area (TPSA) is 105 Å². The number of aromatic nitrogens is 1. The molecule has 3 rings (SSSR count). The van der Waals surface area contributed by atoms with Crippen molar-refractivity contribution in [1.82, 2.24) is 4.98 Å². The van der Waals surface area contributed by atoms with Gasteiger partial charge in [0.15, 0.2) is 17.2 Å². The van der Waals surface area contributed by atoms with Crippen LogP contribution in [0.3, 0.4) is 0 Å². The van der Waals surface area contributed by atoms with Crippen molar-refractivity contribution in [3.63, 3.8) is 0 Å². The van der Waals surface area contributed by atoms with Gasteiger partial charge in [-0.2, -0.15) is 0 Å². The Morgan fingerprint density at radius 1 is 1.25 bits per heavy atom. The van der Waals surface area contributed by atoms with Crippen LogP contribution in [-0.4, -0.2) is 23.0 Å². The van der Waals surface area contributed by atoms with Crippen molar-refractivity contribution in [3.05, 3.63) is 58.0 Å². The Labute approximate surface area is 135 Å². The van der Waals surface area contributed by atoms with Gasteiger partial charge in [0.05, 0.1) is 17.6 Å². The smallest absolute Gasteiger partial charge is 0.343 e. The normalized spacial score (nSPS) is 10.6. The molecule has 0 bridgehead atoms.